The molecular formula is C16H15ClFNS. The van der Waals surface area contributed by atoms with Gasteiger partial charge in [0.1, 0.15) is 5.82 Å². The first-order valence-corrected chi connectivity index (χ1v) is 7.81. The molecule has 20 heavy (non-hydrogen) atoms. The fourth-order valence-corrected chi connectivity index (χ4v) is 4.32. The standard InChI is InChI=1S/C16H15ClFNS/c1-19-16(12-7-6-11(17)9-13(12)18)15-8-10-4-2-3-5-14(10)20-15/h2-7,9,15-16,19H,8H2,1H3. The Morgan fingerprint density at radius 1 is 1.30 bits per heavy atom. The maximum absolute atomic E-state index is 14.1. The summed E-state index contributed by atoms with van der Waals surface area (Å²) in [4.78, 5) is 1.30. The van der Waals surface area contributed by atoms with Crippen molar-refractivity contribution in [1.29, 1.82) is 0 Å². The van der Waals surface area contributed by atoms with E-state index >= 15 is 0 Å². The average molecular weight is 308 g/mol. The van der Waals surface area contributed by atoms with E-state index in [1.54, 1.807) is 12.1 Å². The molecule has 1 aliphatic rings. The summed E-state index contributed by atoms with van der Waals surface area (Å²) in [6, 6.07) is 13.3. The molecule has 0 aliphatic carbocycles. The van der Waals surface area contributed by atoms with Gasteiger partial charge >= 0.3 is 0 Å². The maximum atomic E-state index is 14.1. The van der Waals surface area contributed by atoms with Crippen LogP contribution in [-0.2, 0) is 6.42 Å². The molecular weight excluding hydrogens is 293 g/mol. The normalized spacial score (nSPS) is 18.9. The number of hydrogen-bond donors (Lipinski definition) is 1. The van der Waals surface area contributed by atoms with Crippen LogP contribution in [0.2, 0.25) is 5.02 Å². The van der Waals surface area contributed by atoms with Crippen LogP contribution < -0.4 is 5.32 Å². The molecule has 2 aromatic carbocycles. The molecule has 104 valence electrons. The lowest BCUT2D eigenvalue weighted by atomic mass is 9.98. The summed E-state index contributed by atoms with van der Waals surface area (Å²) in [5.74, 6) is -0.242. The molecule has 1 aliphatic heterocycles. The molecule has 0 saturated heterocycles. The zero-order valence-corrected chi connectivity index (χ0v) is 12.6. The van der Waals surface area contributed by atoms with Crippen LogP contribution in [0, 0.1) is 5.82 Å². The van der Waals surface area contributed by atoms with E-state index in [9.17, 15) is 4.39 Å². The first-order valence-electron chi connectivity index (χ1n) is 6.56. The van der Waals surface area contributed by atoms with Crippen LogP contribution in [-0.4, -0.2) is 12.3 Å². The molecule has 3 rings (SSSR count). The third-order valence-electron chi connectivity index (χ3n) is 3.65. The third-order valence-corrected chi connectivity index (χ3v) is 5.28. The maximum Gasteiger partial charge on any atom is 0.129 e. The summed E-state index contributed by atoms with van der Waals surface area (Å²) in [5.41, 5.74) is 2.03. The van der Waals surface area contributed by atoms with E-state index in [2.05, 4.69) is 23.5 Å². The lowest BCUT2D eigenvalue weighted by molar-refractivity contribution is 0.521. The Kier molecular flexibility index (Phi) is 4.01. The summed E-state index contributed by atoms with van der Waals surface area (Å²) < 4.78 is 14.1. The second-order valence-corrected chi connectivity index (χ2v) is 6.62. The Balaban J connectivity index is 1.89. The molecule has 2 unspecified atom stereocenters. The van der Waals surface area contributed by atoms with Gasteiger partial charge in [-0.05, 0) is 37.2 Å². The predicted molar refractivity (Wildman–Crippen MR) is 83.0 cm³/mol. The van der Waals surface area contributed by atoms with Crippen LogP contribution >= 0.6 is 23.4 Å². The highest BCUT2D eigenvalue weighted by Gasteiger charge is 2.30. The minimum atomic E-state index is -0.242. The van der Waals surface area contributed by atoms with Crippen LogP contribution in [0.1, 0.15) is 17.2 Å². The molecule has 1 heterocycles. The van der Waals surface area contributed by atoms with Crippen LogP contribution in [0.4, 0.5) is 4.39 Å². The zero-order chi connectivity index (χ0) is 14.1. The first kappa shape index (κ1) is 13.9. The molecule has 2 aromatic rings. The van der Waals surface area contributed by atoms with E-state index in [0.717, 1.165) is 6.42 Å². The number of thioether (sulfide) groups is 1. The highest BCUT2D eigenvalue weighted by molar-refractivity contribution is 8.00. The highest BCUT2D eigenvalue weighted by Crippen LogP contribution is 2.42. The van der Waals surface area contributed by atoms with Gasteiger partial charge in [0.15, 0.2) is 0 Å². The molecule has 0 aromatic heterocycles. The minimum absolute atomic E-state index is 0.0235. The van der Waals surface area contributed by atoms with Crippen molar-refractivity contribution in [2.75, 3.05) is 7.05 Å². The van der Waals surface area contributed by atoms with E-state index in [-0.39, 0.29) is 11.9 Å². The van der Waals surface area contributed by atoms with Gasteiger partial charge in [0.2, 0.25) is 0 Å². The van der Waals surface area contributed by atoms with E-state index in [4.69, 9.17) is 11.6 Å². The quantitative estimate of drug-likeness (QED) is 0.898. The van der Waals surface area contributed by atoms with E-state index < -0.39 is 0 Å². The van der Waals surface area contributed by atoms with Gasteiger partial charge < -0.3 is 5.32 Å². The Hall–Kier alpha value is -1.03. The number of hydrogen-bond acceptors (Lipinski definition) is 2. The molecule has 0 spiro atoms. The number of halogens is 2. The number of nitrogens with one attached hydrogen (secondary N) is 1. The van der Waals surface area contributed by atoms with Gasteiger partial charge in [0, 0.05) is 26.8 Å². The Labute approximate surface area is 127 Å². The second-order valence-electron chi connectivity index (χ2n) is 4.90. The fourth-order valence-electron chi connectivity index (χ4n) is 2.69. The van der Waals surface area contributed by atoms with E-state index in [1.165, 1.54) is 16.5 Å². The number of benzene rings is 2. The second kappa shape index (κ2) is 5.76. The molecule has 1 N–H and O–H groups in total. The van der Waals surface area contributed by atoms with Crippen LogP contribution in [0.5, 0.6) is 0 Å². The van der Waals surface area contributed by atoms with E-state index in [1.807, 2.05) is 24.9 Å². The summed E-state index contributed by atoms with van der Waals surface area (Å²) >= 11 is 7.65. The first-order chi connectivity index (χ1) is 9.69. The molecule has 0 amide bonds. The van der Waals surface area contributed by atoms with Crippen molar-refractivity contribution >= 4 is 23.4 Å². The van der Waals surface area contributed by atoms with Crippen molar-refractivity contribution in [2.45, 2.75) is 22.6 Å². The molecule has 0 fully saturated rings. The van der Waals surface area contributed by atoms with Gasteiger partial charge in [0.25, 0.3) is 0 Å². The lowest BCUT2D eigenvalue weighted by Gasteiger charge is -2.23. The lowest BCUT2D eigenvalue weighted by Crippen LogP contribution is -2.28. The van der Waals surface area contributed by atoms with Gasteiger partial charge in [-0.2, -0.15) is 0 Å². The summed E-state index contributed by atoms with van der Waals surface area (Å²) in [5, 5.41) is 3.98. The Morgan fingerprint density at radius 3 is 2.80 bits per heavy atom. The fraction of sp³-hybridized carbons (Fsp3) is 0.250. The largest absolute Gasteiger partial charge is 0.312 e. The predicted octanol–water partition coefficient (Wildman–Crippen LogP) is 4.46. The highest BCUT2D eigenvalue weighted by atomic mass is 35.5. The third kappa shape index (κ3) is 2.58. The van der Waals surface area contributed by atoms with Gasteiger partial charge in [-0.1, -0.05) is 35.9 Å². The van der Waals surface area contributed by atoms with Gasteiger partial charge in [-0.15, -0.1) is 11.8 Å². The zero-order valence-electron chi connectivity index (χ0n) is 11.1. The van der Waals surface area contributed by atoms with Crippen molar-refractivity contribution in [1.82, 2.24) is 5.32 Å². The van der Waals surface area contributed by atoms with Crippen molar-refractivity contribution in [2.24, 2.45) is 0 Å². The molecule has 4 heteroatoms. The summed E-state index contributed by atoms with van der Waals surface area (Å²) in [6.45, 7) is 0. The van der Waals surface area contributed by atoms with Crippen molar-refractivity contribution in [3.8, 4) is 0 Å². The van der Waals surface area contributed by atoms with Crippen LogP contribution in [0.25, 0.3) is 0 Å². The van der Waals surface area contributed by atoms with Crippen LogP contribution in [0.15, 0.2) is 47.4 Å². The molecule has 1 nitrogen and oxygen atoms in total. The monoisotopic (exact) mass is 307 g/mol. The molecule has 2 atom stereocenters. The van der Waals surface area contributed by atoms with Crippen LogP contribution in [0.3, 0.4) is 0 Å². The SMILES string of the molecule is CNC(c1ccc(Cl)cc1F)C1Cc2ccccc2S1. The number of fused-ring (bicyclic) bond motifs is 1. The van der Waals surface area contributed by atoms with Gasteiger partial charge in [0.05, 0.1) is 0 Å². The smallest absolute Gasteiger partial charge is 0.129 e. The van der Waals surface area contributed by atoms with Crippen molar-refractivity contribution in [3.63, 3.8) is 0 Å². The van der Waals surface area contributed by atoms with Gasteiger partial charge in [-0.25, -0.2) is 4.39 Å². The Bertz CT molecular complexity index is 607. The summed E-state index contributed by atoms with van der Waals surface area (Å²) in [6.07, 6.45) is 0.953. The Morgan fingerprint density at radius 2 is 2.10 bits per heavy atom. The topological polar surface area (TPSA) is 12.0 Å². The van der Waals surface area contributed by atoms with E-state index in [0.29, 0.717) is 15.8 Å². The molecule has 0 saturated carbocycles. The molecule has 0 radical (unpaired) electrons. The minimum Gasteiger partial charge on any atom is -0.312 e. The van der Waals surface area contributed by atoms with Crippen molar-refractivity contribution in [3.05, 3.63) is 64.4 Å². The number of rotatable bonds is 3. The summed E-state index contributed by atoms with van der Waals surface area (Å²) in [7, 11) is 1.88. The van der Waals surface area contributed by atoms with Crippen molar-refractivity contribution < 1.29 is 4.39 Å². The van der Waals surface area contributed by atoms with Gasteiger partial charge in [-0.3, -0.25) is 0 Å². The molecule has 0 bridgehead atoms. The average Bonchev–Trinajstić information content (AvgIpc) is 2.85.